The van der Waals surface area contributed by atoms with Gasteiger partial charge in [-0.05, 0) is 36.8 Å². The summed E-state index contributed by atoms with van der Waals surface area (Å²) in [6.45, 7) is 1.71. The summed E-state index contributed by atoms with van der Waals surface area (Å²) in [4.78, 5) is 26.3. The summed E-state index contributed by atoms with van der Waals surface area (Å²) >= 11 is 0.978. The monoisotopic (exact) mass is 414 g/mol. The van der Waals surface area contributed by atoms with E-state index in [9.17, 15) is 14.0 Å². The molecule has 1 aliphatic rings. The molecule has 0 bridgehead atoms. The van der Waals surface area contributed by atoms with E-state index < -0.39 is 5.25 Å². The van der Waals surface area contributed by atoms with Crippen molar-refractivity contribution < 1.29 is 18.7 Å². The molecule has 1 aliphatic heterocycles. The van der Waals surface area contributed by atoms with Crippen molar-refractivity contribution >= 4 is 40.1 Å². The Morgan fingerprint density at radius 3 is 2.55 bits per heavy atom. The molecule has 0 aromatic heterocycles. The zero-order valence-electron chi connectivity index (χ0n) is 15.8. The van der Waals surface area contributed by atoms with Gasteiger partial charge in [-0.3, -0.25) is 9.59 Å². The molecule has 0 saturated carbocycles. The number of imide groups is 1. The fraction of sp³-hybridized carbons (Fsp3) is 0.200. The Morgan fingerprint density at radius 2 is 1.86 bits per heavy atom. The van der Waals surface area contributed by atoms with Crippen LogP contribution in [0.3, 0.4) is 0 Å². The smallest absolute Gasteiger partial charge is 0.248 e. The average Bonchev–Trinajstić information content (AvgIpc) is 2.99. The minimum Gasteiger partial charge on any atom is -0.495 e. The Hall–Kier alpha value is -3.20. The Bertz CT molecular complexity index is 991. The Morgan fingerprint density at radius 1 is 1.17 bits per heavy atom. The lowest BCUT2D eigenvalue weighted by Crippen LogP contribution is -2.32. The van der Waals surface area contributed by atoms with Crippen LogP contribution in [0.4, 0.5) is 10.1 Å². The third kappa shape index (κ3) is 4.62. The molecule has 150 valence electrons. The highest BCUT2D eigenvalue weighted by molar-refractivity contribution is 8.14. The number of hydrogen-bond donors (Lipinski definition) is 1. The average molecular weight is 414 g/mol. The van der Waals surface area contributed by atoms with Crippen LogP contribution in [0.2, 0.25) is 0 Å². The van der Waals surface area contributed by atoms with Gasteiger partial charge in [-0.1, -0.05) is 36.0 Å². The zero-order valence-corrected chi connectivity index (χ0v) is 16.6. The largest absolute Gasteiger partial charge is 0.495 e. The van der Waals surface area contributed by atoms with E-state index in [0.717, 1.165) is 16.7 Å². The van der Waals surface area contributed by atoms with Crippen LogP contribution >= 0.6 is 11.8 Å². The first kappa shape index (κ1) is 20.5. The number of methoxy groups -OCH3 is 1. The predicted molar refractivity (Wildman–Crippen MR) is 112 cm³/mol. The minimum absolute atomic E-state index is 0.00156. The number of benzene rings is 2. The Kier molecular flexibility index (Phi) is 6.28. The van der Waals surface area contributed by atoms with E-state index in [1.54, 1.807) is 43.3 Å². The van der Waals surface area contributed by atoms with Crippen LogP contribution in [0.15, 0.2) is 58.7 Å². The molecule has 0 aliphatic carbocycles. The fourth-order valence-corrected chi connectivity index (χ4v) is 3.62. The number of halogens is 1. The maximum atomic E-state index is 13.0. The Balaban J connectivity index is 1.72. The van der Waals surface area contributed by atoms with Crippen LogP contribution in [0.5, 0.6) is 5.75 Å². The molecule has 29 heavy (non-hydrogen) atoms. The number of carbonyl (C=O) groups excluding carboxylic acids is 2. The molecule has 9 heteroatoms. The number of rotatable bonds is 5. The van der Waals surface area contributed by atoms with Gasteiger partial charge in [-0.15, -0.1) is 5.10 Å². The summed E-state index contributed by atoms with van der Waals surface area (Å²) in [7, 11) is 1.47. The van der Waals surface area contributed by atoms with Crippen LogP contribution in [0, 0.1) is 5.82 Å². The van der Waals surface area contributed by atoms with E-state index >= 15 is 0 Å². The standard InChI is InChI=1S/C20H19FN4O3S/c1-12(13-7-9-14(21)10-8-13)23-24-20(22)29-17-11-18(26)25(19(17)27)15-5-3-4-6-16(15)28-2/h3-10,17H,11H2,1-2H3,(H2,22,24)/b23-12-/t17-/m1/s1. The predicted octanol–water partition coefficient (Wildman–Crippen LogP) is 2.94. The summed E-state index contributed by atoms with van der Waals surface area (Å²) in [5.74, 6) is -0.636. The topological polar surface area (TPSA) is 97.3 Å². The van der Waals surface area contributed by atoms with Crippen LogP contribution in [0.1, 0.15) is 18.9 Å². The summed E-state index contributed by atoms with van der Waals surface area (Å²) < 4.78 is 18.2. The van der Waals surface area contributed by atoms with Gasteiger partial charge < -0.3 is 10.5 Å². The molecule has 0 unspecified atom stereocenters. The second-order valence-electron chi connectivity index (χ2n) is 6.18. The molecule has 2 N–H and O–H groups in total. The van der Waals surface area contributed by atoms with E-state index in [4.69, 9.17) is 10.5 Å². The second-order valence-corrected chi connectivity index (χ2v) is 7.40. The quantitative estimate of drug-likeness (QED) is 0.351. The van der Waals surface area contributed by atoms with E-state index in [-0.39, 0.29) is 29.2 Å². The number of thioether (sulfide) groups is 1. The van der Waals surface area contributed by atoms with E-state index in [1.807, 2.05) is 0 Å². The van der Waals surface area contributed by atoms with Gasteiger partial charge in [0.2, 0.25) is 11.8 Å². The van der Waals surface area contributed by atoms with E-state index in [2.05, 4.69) is 10.2 Å². The van der Waals surface area contributed by atoms with Crippen molar-refractivity contribution in [2.45, 2.75) is 18.6 Å². The molecular formula is C20H19FN4O3S. The van der Waals surface area contributed by atoms with Crippen molar-refractivity contribution in [1.82, 2.24) is 0 Å². The maximum absolute atomic E-state index is 13.0. The molecule has 7 nitrogen and oxygen atoms in total. The molecule has 0 radical (unpaired) electrons. The molecular weight excluding hydrogens is 395 g/mol. The minimum atomic E-state index is -0.697. The Labute approximate surface area is 171 Å². The summed E-state index contributed by atoms with van der Waals surface area (Å²) in [5.41, 5.74) is 7.52. The molecule has 1 heterocycles. The lowest BCUT2D eigenvalue weighted by Gasteiger charge is -2.17. The fourth-order valence-electron chi connectivity index (χ4n) is 2.81. The summed E-state index contributed by atoms with van der Waals surface area (Å²) in [6, 6.07) is 12.6. The van der Waals surface area contributed by atoms with Gasteiger partial charge in [0, 0.05) is 6.42 Å². The lowest BCUT2D eigenvalue weighted by atomic mass is 10.1. The van der Waals surface area contributed by atoms with Gasteiger partial charge in [0.05, 0.1) is 18.5 Å². The normalized spacial score (nSPS) is 17.8. The van der Waals surface area contributed by atoms with Crippen molar-refractivity contribution in [3.8, 4) is 5.75 Å². The lowest BCUT2D eigenvalue weighted by molar-refractivity contribution is -0.121. The van der Waals surface area contributed by atoms with Gasteiger partial charge >= 0.3 is 0 Å². The van der Waals surface area contributed by atoms with Crippen LogP contribution < -0.4 is 15.4 Å². The number of carbonyl (C=O) groups is 2. The molecule has 1 saturated heterocycles. The zero-order chi connectivity index (χ0) is 21.0. The number of nitrogens with two attached hydrogens (primary N) is 1. The number of anilines is 1. The first-order chi connectivity index (χ1) is 13.9. The molecule has 2 aromatic rings. The number of amides is 2. The third-order valence-corrected chi connectivity index (χ3v) is 5.23. The highest BCUT2D eigenvalue weighted by Gasteiger charge is 2.41. The van der Waals surface area contributed by atoms with Gasteiger partial charge in [-0.25, -0.2) is 9.29 Å². The summed E-state index contributed by atoms with van der Waals surface area (Å²) in [6.07, 6.45) is -0.00156. The first-order valence-corrected chi connectivity index (χ1v) is 9.58. The van der Waals surface area contributed by atoms with Gasteiger partial charge in [-0.2, -0.15) is 5.10 Å². The van der Waals surface area contributed by atoms with Crippen LogP contribution in [-0.2, 0) is 9.59 Å². The summed E-state index contributed by atoms with van der Waals surface area (Å²) in [5, 5.41) is 7.30. The van der Waals surface area contributed by atoms with Crippen molar-refractivity contribution in [2.75, 3.05) is 12.0 Å². The highest BCUT2D eigenvalue weighted by atomic mass is 32.2. The third-order valence-electron chi connectivity index (χ3n) is 4.25. The van der Waals surface area contributed by atoms with Crippen LogP contribution in [-0.4, -0.2) is 35.1 Å². The highest BCUT2D eigenvalue weighted by Crippen LogP contribution is 2.35. The van der Waals surface area contributed by atoms with Crippen molar-refractivity contribution in [2.24, 2.45) is 15.9 Å². The van der Waals surface area contributed by atoms with Gasteiger partial charge in [0.25, 0.3) is 0 Å². The number of para-hydroxylation sites is 2. The van der Waals surface area contributed by atoms with Crippen molar-refractivity contribution in [3.63, 3.8) is 0 Å². The molecule has 1 atom stereocenters. The van der Waals surface area contributed by atoms with E-state index in [1.165, 1.54) is 19.2 Å². The molecule has 2 amide bonds. The molecule has 1 fully saturated rings. The molecule has 2 aromatic carbocycles. The molecule has 3 rings (SSSR count). The second kappa shape index (κ2) is 8.87. The number of amidine groups is 1. The van der Waals surface area contributed by atoms with Crippen molar-refractivity contribution in [1.29, 1.82) is 0 Å². The first-order valence-electron chi connectivity index (χ1n) is 8.71. The number of hydrogen-bond acceptors (Lipinski definition) is 6. The molecule has 0 spiro atoms. The van der Waals surface area contributed by atoms with E-state index in [0.29, 0.717) is 22.7 Å². The van der Waals surface area contributed by atoms with Crippen molar-refractivity contribution in [3.05, 3.63) is 59.9 Å². The van der Waals surface area contributed by atoms with Gasteiger partial charge in [0.15, 0.2) is 5.17 Å². The van der Waals surface area contributed by atoms with Crippen LogP contribution in [0.25, 0.3) is 0 Å². The maximum Gasteiger partial charge on any atom is 0.248 e. The SMILES string of the molecule is COc1ccccc1N1C(=O)C[C@@H](S/C(N)=N\N=C(\C)c2ccc(F)cc2)C1=O. The van der Waals surface area contributed by atoms with Gasteiger partial charge in [0.1, 0.15) is 16.8 Å². The number of ether oxygens (including phenoxy) is 1. The number of nitrogens with zero attached hydrogens (tertiary/aromatic N) is 3.